The molecule has 2 heterocycles. The molecule has 17 heteroatoms. The molecule has 2 aromatic rings. The maximum atomic E-state index is 15.7. The Morgan fingerprint density at radius 1 is 0.951 bits per heavy atom. The van der Waals surface area contributed by atoms with Crippen LogP contribution in [-0.2, 0) is 38.8 Å². The van der Waals surface area contributed by atoms with Gasteiger partial charge >= 0.3 is 15.5 Å². The summed E-state index contributed by atoms with van der Waals surface area (Å²) in [7, 11) is -10.5. The second-order valence-corrected chi connectivity index (χ2v) is 14.1. The zero-order chi connectivity index (χ0) is 29.9. The zero-order valence-corrected chi connectivity index (χ0v) is 23.4. The molecule has 2 atom stereocenters. The molecule has 2 aliphatic heterocycles. The number of halogens is 6. The predicted octanol–water partition coefficient (Wildman–Crippen LogP) is 3.80. The van der Waals surface area contributed by atoms with Crippen molar-refractivity contribution in [2.75, 3.05) is 33.0 Å². The first-order valence-corrected chi connectivity index (χ1v) is 15.5. The Bertz CT molecular complexity index is 1550. The van der Waals surface area contributed by atoms with Crippen molar-refractivity contribution in [2.45, 2.75) is 45.8 Å². The number of nitrogens with one attached hydrogen (secondary N) is 1. The molecule has 1 unspecified atom stereocenters. The van der Waals surface area contributed by atoms with E-state index in [4.69, 9.17) is 30.5 Å². The van der Waals surface area contributed by atoms with E-state index in [0.717, 1.165) is 12.1 Å². The number of alkyl halides is 3. The van der Waals surface area contributed by atoms with E-state index in [0.29, 0.717) is 0 Å². The Labute approximate surface area is 236 Å². The van der Waals surface area contributed by atoms with E-state index in [-0.39, 0.29) is 29.6 Å². The first-order valence-electron chi connectivity index (χ1n) is 12.2. The normalized spacial score (nSPS) is 25.9. The van der Waals surface area contributed by atoms with Gasteiger partial charge in [0.2, 0.25) is 0 Å². The van der Waals surface area contributed by atoms with E-state index >= 15 is 8.78 Å². The fourth-order valence-electron chi connectivity index (χ4n) is 5.81. The second kappa shape index (κ2) is 10.3. The van der Waals surface area contributed by atoms with Crippen LogP contribution < -0.4 is 9.46 Å². The summed E-state index contributed by atoms with van der Waals surface area (Å²) < 4.78 is 144. The SMILES string of the molecule is O=S(=O)(NCCO[C@@]12COc3c(F)ccc(F)c3C1(S(=O)(=O)c1ccc(Cl)cc1)CCC1(C2)OCCO1)C(F)(F)F. The highest BCUT2D eigenvalue weighted by atomic mass is 35.5. The molecular weight excluding hydrogens is 625 g/mol. The highest BCUT2D eigenvalue weighted by molar-refractivity contribution is 7.92. The topological polar surface area (TPSA) is 117 Å². The van der Waals surface area contributed by atoms with Crippen LogP contribution in [0.5, 0.6) is 5.75 Å². The molecule has 2 fully saturated rings. The van der Waals surface area contributed by atoms with Crippen molar-refractivity contribution in [1.82, 2.24) is 4.72 Å². The lowest BCUT2D eigenvalue weighted by Crippen LogP contribution is -2.69. The Hall–Kier alpha value is -2.08. The number of fused-ring (bicyclic) bond motifs is 3. The summed E-state index contributed by atoms with van der Waals surface area (Å²) in [4.78, 5) is -0.326. The van der Waals surface area contributed by atoms with E-state index < -0.39 is 97.1 Å². The van der Waals surface area contributed by atoms with Gasteiger partial charge in [0.25, 0.3) is 0 Å². The van der Waals surface area contributed by atoms with Gasteiger partial charge in [-0.2, -0.15) is 13.2 Å². The van der Waals surface area contributed by atoms with Gasteiger partial charge in [-0.05, 0) is 42.8 Å². The third kappa shape index (κ3) is 4.80. The molecule has 1 saturated heterocycles. The molecule has 1 aliphatic carbocycles. The van der Waals surface area contributed by atoms with Gasteiger partial charge in [0.15, 0.2) is 27.2 Å². The molecule has 0 bridgehead atoms. The first-order chi connectivity index (χ1) is 19.1. The van der Waals surface area contributed by atoms with Crippen molar-refractivity contribution in [3.05, 3.63) is 58.6 Å². The first kappa shape index (κ1) is 30.4. The lowest BCUT2D eigenvalue weighted by molar-refractivity contribution is -0.250. The molecule has 1 N–H and O–H groups in total. The highest BCUT2D eigenvalue weighted by Gasteiger charge is 2.72. The molecule has 2 aromatic carbocycles. The Kier molecular flexibility index (Phi) is 7.61. The van der Waals surface area contributed by atoms with Crippen LogP contribution in [0.1, 0.15) is 24.8 Å². The molecule has 0 aromatic heterocycles. The standard InChI is InChI=1S/C24H23ClF5NO8S2/c25-15-1-3-16(4-2-15)40(32,33)23-8-7-22(38-11-12-39-22)13-21(23,37-10-9-31-41(34,35)24(28,29)30)14-36-20-18(27)6-5-17(26)19(20)23/h1-6,31H,7-14H2/t21-,23?/m0/s1. The van der Waals surface area contributed by atoms with Crippen molar-refractivity contribution in [3.63, 3.8) is 0 Å². The minimum absolute atomic E-state index is 0.110. The van der Waals surface area contributed by atoms with E-state index in [1.807, 2.05) is 0 Å². The van der Waals surface area contributed by atoms with Crippen molar-refractivity contribution < 1.29 is 57.7 Å². The van der Waals surface area contributed by atoms with Gasteiger partial charge in [0, 0.05) is 24.4 Å². The average molecular weight is 648 g/mol. The Balaban J connectivity index is 1.68. The van der Waals surface area contributed by atoms with Crippen molar-refractivity contribution in [1.29, 1.82) is 0 Å². The van der Waals surface area contributed by atoms with Crippen LogP contribution >= 0.6 is 11.6 Å². The number of hydrogen-bond donors (Lipinski definition) is 1. The van der Waals surface area contributed by atoms with Gasteiger partial charge in [-0.15, -0.1) is 0 Å². The lowest BCUT2D eigenvalue weighted by atomic mass is 9.67. The Morgan fingerprint density at radius 2 is 1.59 bits per heavy atom. The largest absolute Gasteiger partial charge is 0.511 e. The summed E-state index contributed by atoms with van der Waals surface area (Å²) >= 11 is 5.95. The van der Waals surface area contributed by atoms with Crippen LogP contribution in [0, 0.1) is 11.6 Å². The van der Waals surface area contributed by atoms with Crippen molar-refractivity contribution >= 4 is 31.5 Å². The second-order valence-electron chi connectivity index (χ2n) is 9.78. The van der Waals surface area contributed by atoms with E-state index in [1.165, 1.54) is 29.0 Å². The maximum absolute atomic E-state index is 15.7. The maximum Gasteiger partial charge on any atom is 0.511 e. The molecule has 9 nitrogen and oxygen atoms in total. The van der Waals surface area contributed by atoms with Crippen molar-refractivity contribution in [2.24, 2.45) is 0 Å². The third-order valence-corrected chi connectivity index (χ3v) is 11.6. The van der Waals surface area contributed by atoms with Gasteiger partial charge < -0.3 is 18.9 Å². The number of rotatable bonds is 7. The molecule has 1 saturated carbocycles. The quantitative estimate of drug-likeness (QED) is 0.356. The van der Waals surface area contributed by atoms with Crippen LogP contribution in [0.15, 0.2) is 41.3 Å². The van der Waals surface area contributed by atoms with E-state index in [2.05, 4.69) is 0 Å². The van der Waals surface area contributed by atoms with Gasteiger partial charge in [0.1, 0.15) is 22.8 Å². The summed E-state index contributed by atoms with van der Waals surface area (Å²) in [5.41, 5.74) is -8.43. The van der Waals surface area contributed by atoms with Gasteiger partial charge in [-0.1, -0.05) is 11.6 Å². The van der Waals surface area contributed by atoms with Crippen LogP contribution in [0.25, 0.3) is 0 Å². The average Bonchev–Trinajstić information content (AvgIpc) is 3.35. The molecule has 0 radical (unpaired) electrons. The highest BCUT2D eigenvalue weighted by Crippen LogP contribution is 2.62. The van der Waals surface area contributed by atoms with Gasteiger partial charge in [0.05, 0.1) is 30.3 Å². The smallest absolute Gasteiger partial charge is 0.487 e. The van der Waals surface area contributed by atoms with E-state index in [9.17, 15) is 30.0 Å². The minimum Gasteiger partial charge on any atom is -0.487 e. The summed E-state index contributed by atoms with van der Waals surface area (Å²) in [6.07, 6.45) is -0.974. The van der Waals surface area contributed by atoms with Crippen LogP contribution in [0.3, 0.4) is 0 Å². The number of sulfone groups is 1. The van der Waals surface area contributed by atoms with Gasteiger partial charge in [-0.25, -0.2) is 30.3 Å². The Morgan fingerprint density at radius 3 is 2.22 bits per heavy atom. The number of hydrogen-bond acceptors (Lipinski definition) is 8. The van der Waals surface area contributed by atoms with E-state index in [1.54, 1.807) is 0 Å². The van der Waals surface area contributed by atoms with Crippen LogP contribution in [0.4, 0.5) is 22.0 Å². The molecule has 226 valence electrons. The molecule has 41 heavy (non-hydrogen) atoms. The monoisotopic (exact) mass is 647 g/mol. The summed E-state index contributed by atoms with van der Waals surface area (Å²) in [5, 5.41) is 0.195. The molecule has 1 spiro atoms. The summed E-state index contributed by atoms with van der Waals surface area (Å²) in [6, 6.07) is 6.42. The fraction of sp³-hybridized carbons (Fsp3) is 0.500. The lowest BCUT2D eigenvalue weighted by Gasteiger charge is -2.57. The summed E-state index contributed by atoms with van der Waals surface area (Å²) in [5.74, 6) is -4.28. The molecule has 0 amide bonds. The molecule has 5 rings (SSSR count). The molecule has 3 aliphatic rings. The summed E-state index contributed by atoms with van der Waals surface area (Å²) in [6.45, 7) is -2.21. The number of benzene rings is 2. The fourth-order valence-corrected chi connectivity index (χ4v) is 8.85. The number of ether oxygens (including phenoxy) is 4. The molecular formula is C24H23ClF5NO8S2. The van der Waals surface area contributed by atoms with Gasteiger partial charge in [-0.3, -0.25) is 0 Å². The van der Waals surface area contributed by atoms with Crippen molar-refractivity contribution in [3.8, 4) is 5.75 Å². The number of sulfonamides is 1. The minimum atomic E-state index is -5.76. The van der Waals surface area contributed by atoms with Crippen LogP contribution in [0.2, 0.25) is 5.02 Å². The third-order valence-electron chi connectivity index (χ3n) is 7.53. The predicted molar refractivity (Wildman–Crippen MR) is 132 cm³/mol. The van der Waals surface area contributed by atoms with Crippen LogP contribution in [-0.4, -0.2) is 66.7 Å². The zero-order valence-electron chi connectivity index (χ0n) is 21.0.